The third-order valence-electron chi connectivity index (χ3n) is 6.52. The lowest BCUT2D eigenvalue weighted by atomic mass is 9.75. The fourth-order valence-corrected chi connectivity index (χ4v) is 5.02. The molecule has 1 heteroatoms. The molecule has 146 valence electrons. The van der Waals surface area contributed by atoms with E-state index in [0.717, 1.165) is 0 Å². The lowest BCUT2D eigenvalue weighted by Crippen LogP contribution is -2.48. The molecule has 0 heterocycles. The molecule has 3 rings (SSSR count). The van der Waals surface area contributed by atoms with Crippen LogP contribution in [0.2, 0.25) is 0 Å². The Balaban J connectivity index is 1.70. The Kier molecular flexibility index (Phi) is 7.52. The maximum atomic E-state index is 2.85. The van der Waals surface area contributed by atoms with Gasteiger partial charge in [-0.2, -0.15) is 0 Å². The average Bonchev–Trinajstić information content (AvgIpc) is 2.75. The normalized spacial score (nSPS) is 17.7. The minimum Gasteiger partial charge on any atom is -0.294 e. The van der Waals surface area contributed by atoms with Crippen molar-refractivity contribution in [3.63, 3.8) is 0 Å². The zero-order valence-corrected chi connectivity index (χ0v) is 17.4. The molecular formula is C26H37N. The molecular weight excluding hydrogens is 326 g/mol. The van der Waals surface area contributed by atoms with Crippen molar-refractivity contribution >= 4 is 0 Å². The Morgan fingerprint density at radius 2 is 1.48 bits per heavy atom. The second kappa shape index (κ2) is 10.1. The maximum Gasteiger partial charge on any atom is 0.0460 e. The van der Waals surface area contributed by atoms with Gasteiger partial charge in [0.1, 0.15) is 0 Å². The monoisotopic (exact) mass is 363 g/mol. The van der Waals surface area contributed by atoms with Crippen molar-refractivity contribution in [2.45, 2.75) is 76.7 Å². The van der Waals surface area contributed by atoms with Crippen LogP contribution in [0.5, 0.6) is 0 Å². The van der Waals surface area contributed by atoms with Crippen LogP contribution in [0, 0.1) is 0 Å². The fourth-order valence-electron chi connectivity index (χ4n) is 5.02. The Bertz CT molecular complexity index is 642. The first-order valence-electron chi connectivity index (χ1n) is 11.1. The smallest absolute Gasteiger partial charge is 0.0460 e. The van der Waals surface area contributed by atoms with Crippen molar-refractivity contribution < 1.29 is 0 Å². The van der Waals surface area contributed by atoms with Gasteiger partial charge < -0.3 is 0 Å². The second-order valence-electron chi connectivity index (χ2n) is 8.40. The van der Waals surface area contributed by atoms with Gasteiger partial charge in [0.15, 0.2) is 0 Å². The topological polar surface area (TPSA) is 3.24 Å². The van der Waals surface area contributed by atoms with Gasteiger partial charge in [-0.15, -0.1) is 0 Å². The largest absolute Gasteiger partial charge is 0.294 e. The van der Waals surface area contributed by atoms with Crippen LogP contribution in [0.1, 0.15) is 82.3 Å². The molecule has 1 aliphatic rings. The van der Waals surface area contributed by atoms with Crippen molar-refractivity contribution in [3.8, 4) is 0 Å². The highest BCUT2D eigenvalue weighted by Crippen LogP contribution is 2.42. The summed E-state index contributed by atoms with van der Waals surface area (Å²) in [5.41, 5.74) is 3.30. The number of benzene rings is 2. The molecule has 0 spiro atoms. The van der Waals surface area contributed by atoms with Gasteiger partial charge in [0.2, 0.25) is 0 Å². The summed E-state index contributed by atoms with van der Waals surface area (Å²) in [5, 5.41) is 0. The molecule has 1 unspecified atom stereocenters. The van der Waals surface area contributed by atoms with Crippen molar-refractivity contribution in [2.24, 2.45) is 0 Å². The zero-order valence-electron chi connectivity index (χ0n) is 17.4. The molecule has 0 aromatic heterocycles. The van der Waals surface area contributed by atoms with E-state index in [9.17, 15) is 0 Å². The summed E-state index contributed by atoms with van der Waals surface area (Å²) in [6.45, 7) is 7.16. The summed E-state index contributed by atoms with van der Waals surface area (Å²) in [6, 6.07) is 22.4. The van der Waals surface area contributed by atoms with Crippen molar-refractivity contribution in [3.05, 3.63) is 71.8 Å². The Labute approximate surface area is 166 Å². The van der Waals surface area contributed by atoms with Gasteiger partial charge in [-0.05, 0) is 62.2 Å². The number of hydrogen-bond donors (Lipinski definition) is 0. The van der Waals surface area contributed by atoms with Gasteiger partial charge >= 0.3 is 0 Å². The van der Waals surface area contributed by atoms with E-state index in [0.29, 0.717) is 5.92 Å². The van der Waals surface area contributed by atoms with E-state index in [1.54, 1.807) is 5.56 Å². The van der Waals surface area contributed by atoms with E-state index < -0.39 is 0 Å². The molecule has 0 bridgehead atoms. The first kappa shape index (κ1) is 20.1. The van der Waals surface area contributed by atoms with E-state index in [1.807, 2.05) is 0 Å². The maximum absolute atomic E-state index is 2.85. The molecule has 0 aliphatic heterocycles. The highest BCUT2D eigenvalue weighted by Gasteiger charge is 2.38. The highest BCUT2D eigenvalue weighted by molar-refractivity contribution is 5.25. The van der Waals surface area contributed by atoms with Gasteiger partial charge in [-0.25, -0.2) is 0 Å². The van der Waals surface area contributed by atoms with Crippen LogP contribution in [-0.2, 0) is 5.54 Å². The highest BCUT2D eigenvalue weighted by atomic mass is 15.2. The summed E-state index contributed by atoms with van der Waals surface area (Å²) >= 11 is 0. The molecule has 1 saturated carbocycles. The van der Waals surface area contributed by atoms with E-state index >= 15 is 0 Å². The molecule has 0 saturated heterocycles. The Morgan fingerprint density at radius 1 is 0.852 bits per heavy atom. The van der Waals surface area contributed by atoms with Crippen molar-refractivity contribution in [1.29, 1.82) is 0 Å². The summed E-state index contributed by atoms with van der Waals surface area (Å²) in [6.07, 6.45) is 10.6. The van der Waals surface area contributed by atoms with Crippen LogP contribution >= 0.6 is 0 Å². The first-order valence-corrected chi connectivity index (χ1v) is 11.1. The third kappa shape index (κ3) is 5.02. The minimum atomic E-state index is 0.269. The van der Waals surface area contributed by atoms with E-state index in [4.69, 9.17) is 0 Å². The predicted octanol–water partition coefficient (Wildman–Crippen LogP) is 7.14. The summed E-state index contributed by atoms with van der Waals surface area (Å²) in [4.78, 5) is 2.85. The SMILES string of the molecule is CCCN(CCCC(C)c1ccccc1)C1(c2ccccc2)CCCCC1. The van der Waals surface area contributed by atoms with E-state index in [2.05, 4.69) is 79.4 Å². The van der Waals surface area contributed by atoms with E-state index in [1.165, 1.54) is 70.0 Å². The van der Waals surface area contributed by atoms with Gasteiger partial charge in [-0.1, -0.05) is 93.8 Å². The average molecular weight is 364 g/mol. The van der Waals surface area contributed by atoms with Gasteiger partial charge in [0.25, 0.3) is 0 Å². The summed E-state index contributed by atoms with van der Waals surface area (Å²) in [5.74, 6) is 0.647. The molecule has 2 aromatic carbocycles. The quantitative estimate of drug-likeness (QED) is 0.457. The molecule has 1 aliphatic carbocycles. The molecule has 0 radical (unpaired) electrons. The summed E-state index contributed by atoms with van der Waals surface area (Å²) in [7, 11) is 0. The molecule has 27 heavy (non-hydrogen) atoms. The third-order valence-corrected chi connectivity index (χ3v) is 6.52. The van der Waals surface area contributed by atoms with Gasteiger partial charge in [0, 0.05) is 5.54 Å². The molecule has 1 fully saturated rings. The first-order chi connectivity index (χ1) is 13.3. The Hall–Kier alpha value is -1.60. The van der Waals surface area contributed by atoms with Crippen LogP contribution in [0.15, 0.2) is 60.7 Å². The fraction of sp³-hybridized carbons (Fsp3) is 0.538. The van der Waals surface area contributed by atoms with Crippen LogP contribution in [0.4, 0.5) is 0 Å². The van der Waals surface area contributed by atoms with Gasteiger partial charge in [0.05, 0.1) is 0 Å². The molecule has 2 aromatic rings. The van der Waals surface area contributed by atoms with Crippen LogP contribution in [0.3, 0.4) is 0 Å². The number of rotatable bonds is 9. The number of nitrogens with zero attached hydrogens (tertiary/aromatic N) is 1. The predicted molar refractivity (Wildman–Crippen MR) is 117 cm³/mol. The van der Waals surface area contributed by atoms with Crippen LogP contribution < -0.4 is 0 Å². The van der Waals surface area contributed by atoms with Crippen LogP contribution in [0.25, 0.3) is 0 Å². The molecule has 1 nitrogen and oxygen atoms in total. The summed E-state index contributed by atoms with van der Waals surface area (Å²) < 4.78 is 0. The Morgan fingerprint density at radius 3 is 2.11 bits per heavy atom. The van der Waals surface area contributed by atoms with E-state index in [-0.39, 0.29) is 5.54 Å². The number of hydrogen-bond acceptors (Lipinski definition) is 1. The zero-order chi connectivity index (χ0) is 19.0. The van der Waals surface area contributed by atoms with Gasteiger partial charge in [-0.3, -0.25) is 4.90 Å². The molecule has 0 N–H and O–H groups in total. The van der Waals surface area contributed by atoms with Crippen molar-refractivity contribution in [1.82, 2.24) is 4.90 Å². The molecule has 1 atom stereocenters. The molecule has 0 amide bonds. The lowest BCUT2D eigenvalue weighted by molar-refractivity contribution is 0.0445. The lowest BCUT2D eigenvalue weighted by Gasteiger charge is -2.47. The standard InChI is InChI=1S/C26H37N/c1-3-21-27(22-13-14-23(2)24-15-7-4-8-16-24)26(19-11-6-12-20-26)25-17-9-5-10-18-25/h4-5,7-10,15-18,23H,3,6,11-14,19-22H2,1-2H3. The minimum absolute atomic E-state index is 0.269. The van der Waals surface area contributed by atoms with Crippen LogP contribution in [-0.4, -0.2) is 18.0 Å². The van der Waals surface area contributed by atoms with Crippen molar-refractivity contribution in [2.75, 3.05) is 13.1 Å². The second-order valence-corrected chi connectivity index (χ2v) is 8.40.